The Kier molecular flexibility index (Phi) is 6.37. The van der Waals surface area contributed by atoms with Crippen LogP contribution in [0.3, 0.4) is 0 Å². The highest BCUT2D eigenvalue weighted by Gasteiger charge is 2.19. The third kappa shape index (κ3) is 4.73. The predicted octanol–water partition coefficient (Wildman–Crippen LogP) is 5.69. The summed E-state index contributed by atoms with van der Waals surface area (Å²) >= 11 is 0. The van der Waals surface area contributed by atoms with Gasteiger partial charge in [-0.25, -0.2) is 9.97 Å². The first-order valence-corrected chi connectivity index (χ1v) is 11.0. The maximum Gasteiger partial charge on any atom is 0.127 e. The summed E-state index contributed by atoms with van der Waals surface area (Å²) in [5.41, 5.74) is 6.78. The summed E-state index contributed by atoms with van der Waals surface area (Å²) < 4.78 is 2.21. The molecule has 164 valence electrons. The van der Waals surface area contributed by atoms with Crippen LogP contribution >= 0.6 is 0 Å². The van der Waals surface area contributed by atoms with Crippen LogP contribution in [0.5, 0.6) is 0 Å². The fourth-order valence-corrected chi connectivity index (χ4v) is 4.00. The van der Waals surface area contributed by atoms with E-state index >= 15 is 0 Å². The number of pyridine rings is 1. The van der Waals surface area contributed by atoms with Gasteiger partial charge < -0.3 is 14.8 Å². The first-order chi connectivity index (χ1) is 15.4. The van der Waals surface area contributed by atoms with Crippen molar-refractivity contribution in [3.8, 4) is 22.5 Å². The van der Waals surface area contributed by atoms with Crippen LogP contribution in [0.2, 0.25) is 0 Å². The number of aryl methyl sites for hydroxylation is 1. The SMILES string of the molecule is Cc1cccc(-c2nc(CN(C)C)n(C)c2-c2ccnc(N[C@@H](C)c3ccccc3)c2)c1. The molecule has 5 nitrogen and oxygen atoms in total. The average Bonchev–Trinajstić information content (AvgIpc) is 3.10. The van der Waals surface area contributed by atoms with Gasteiger partial charge in [-0.1, -0.05) is 54.1 Å². The Morgan fingerprint density at radius 2 is 1.75 bits per heavy atom. The van der Waals surface area contributed by atoms with Crippen LogP contribution in [-0.4, -0.2) is 33.5 Å². The van der Waals surface area contributed by atoms with E-state index in [-0.39, 0.29) is 6.04 Å². The first-order valence-electron chi connectivity index (χ1n) is 11.0. The maximum absolute atomic E-state index is 5.06. The molecule has 0 amide bonds. The van der Waals surface area contributed by atoms with Crippen molar-refractivity contribution in [1.82, 2.24) is 19.4 Å². The molecule has 1 atom stereocenters. The lowest BCUT2D eigenvalue weighted by atomic mass is 10.0. The van der Waals surface area contributed by atoms with E-state index in [9.17, 15) is 0 Å². The largest absolute Gasteiger partial charge is 0.364 e. The second-order valence-electron chi connectivity index (χ2n) is 8.60. The van der Waals surface area contributed by atoms with Crippen molar-refractivity contribution in [2.45, 2.75) is 26.4 Å². The first kappa shape index (κ1) is 21.8. The number of hydrogen-bond donors (Lipinski definition) is 1. The number of hydrogen-bond acceptors (Lipinski definition) is 4. The molecule has 0 radical (unpaired) electrons. The van der Waals surface area contributed by atoms with Crippen molar-refractivity contribution in [3.63, 3.8) is 0 Å². The van der Waals surface area contributed by atoms with Crippen molar-refractivity contribution in [3.05, 3.63) is 89.9 Å². The zero-order chi connectivity index (χ0) is 22.7. The zero-order valence-electron chi connectivity index (χ0n) is 19.5. The molecule has 0 bridgehead atoms. The van der Waals surface area contributed by atoms with Crippen LogP contribution in [-0.2, 0) is 13.6 Å². The Labute approximate surface area is 190 Å². The highest BCUT2D eigenvalue weighted by atomic mass is 15.1. The fourth-order valence-electron chi connectivity index (χ4n) is 4.00. The Morgan fingerprint density at radius 3 is 2.47 bits per heavy atom. The molecule has 2 aromatic heterocycles. The van der Waals surface area contributed by atoms with Gasteiger partial charge in [0, 0.05) is 30.4 Å². The van der Waals surface area contributed by atoms with Crippen molar-refractivity contribution in [2.75, 3.05) is 19.4 Å². The van der Waals surface area contributed by atoms with Crippen molar-refractivity contribution in [2.24, 2.45) is 7.05 Å². The summed E-state index contributed by atoms with van der Waals surface area (Å²) in [5, 5.41) is 3.55. The lowest BCUT2D eigenvalue weighted by molar-refractivity contribution is 0.385. The van der Waals surface area contributed by atoms with Crippen LogP contribution in [0.1, 0.15) is 29.9 Å². The van der Waals surface area contributed by atoms with Gasteiger partial charge in [-0.05, 0) is 51.7 Å². The quantitative estimate of drug-likeness (QED) is 0.413. The van der Waals surface area contributed by atoms with Crippen LogP contribution in [0, 0.1) is 6.92 Å². The number of aromatic nitrogens is 3. The molecular formula is C27H31N5. The third-order valence-electron chi connectivity index (χ3n) is 5.63. The Morgan fingerprint density at radius 1 is 0.969 bits per heavy atom. The minimum Gasteiger partial charge on any atom is -0.364 e. The second kappa shape index (κ2) is 9.37. The fraction of sp³-hybridized carbons (Fsp3) is 0.259. The van der Waals surface area contributed by atoms with Gasteiger partial charge in [0.1, 0.15) is 11.6 Å². The summed E-state index contributed by atoms with van der Waals surface area (Å²) in [6.07, 6.45) is 1.87. The van der Waals surface area contributed by atoms with Gasteiger partial charge in [-0.2, -0.15) is 0 Å². The number of anilines is 1. The third-order valence-corrected chi connectivity index (χ3v) is 5.63. The second-order valence-corrected chi connectivity index (χ2v) is 8.60. The molecule has 0 unspecified atom stereocenters. The molecule has 0 saturated heterocycles. The molecule has 0 spiro atoms. The van der Waals surface area contributed by atoms with Crippen molar-refractivity contribution >= 4 is 5.82 Å². The summed E-state index contributed by atoms with van der Waals surface area (Å²) in [4.78, 5) is 11.8. The van der Waals surface area contributed by atoms with Crippen LogP contribution in [0.15, 0.2) is 72.9 Å². The molecule has 0 fully saturated rings. The number of benzene rings is 2. The van der Waals surface area contributed by atoms with Gasteiger partial charge in [0.25, 0.3) is 0 Å². The van der Waals surface area contributed by atoms with E-state index in [2.05, 4.69) is 115 Å². The minimum absolute atomic E-state index is 0.158. The highest BCUT2D eigenvalue weighted by molar-refractivity contribution is 5.80. The van der Waals surface area contributed by atoms with E-state index in [1.165, 1.54) is 11.1 Å². The van der Waals surface area contributed by atoms with Crippen LogP contribution in [0.25, 0.3) is 22.5 Å². The number of rotatable bonds is 7. The molecule has 2 aromatic carbocycles. The topological polar surface area (TPSA) is 46.0 Å². The van der Waals surface area contributed by atoms with E-state index in [1.807, 2.05) is 12.3 Å². The number of imidazole rings is 1. The van der Waals surface area contributed by atoms with E-state index in [0.717, 1.165) is 40.7 Å². The van der Waals surface area contributed by atoms with Gasteiger partial charge in [-0.3, -0.25) is 0 Å². The standard InChI is InChI=1S/C27H31N5/c1-19-10-9-13-22(16-19)26-27(32(5)25(30-26)18-31(3)4)23-14-15-28-24(17-23)29-20(2)21-11-7-6-8-12-21/h6-17,20H,18H2,1-5H3,(H,28,29)/t20-/m0/s1. The Balaban J connectivity index is 1.75. The molecule has 4 aromatic rings. The van der Waals surface area contributed by atoms with Crippen LogP contribution < -0.4 is 5.32 Å². The van der Waals surface area contributed by atoms with Gasteiger partial charge >= 0.3 is 0 Å². The average molecular weight is 426 g/mol. The molecule has 0 aliphatic heterocycles. The molecule has 0 saturated carbocycles. The van der Waals surface area contributed by atoms with Gasteiger partial charge in [0.05, 0.1) is 17.9 Å². The molecule has 5 heteroatoms. The monoisotopic (exact) mass is 425 g/mol. The Hall–Kier alpha value is -3.44. The van der Waals surface area contributed by atoms with Gasteiger partial charge in [0.2, 0.25) is 0 Å². The predicted molar refractivity (Wildman–Crippen MR) is 132 cm³/mol. The van der Waals surface area contributed by atoms with E-state index < -0.39 is 0 Å². The summed E-state index contributed by atoms with van der Waals surface area (Å²) in [6, 6.07) is 23.3. The molecule has 4 rings (SSSR count). The normalized spacial score (nSPS) is 12.2. The van der Waals surface area contributed by atoms with E-state index in [4.69, 9.17) is 4.98 Å². The molecule has 0 aliphatic rings. The van der Waals surface area contributed by atoms with Crippen molar-refractivity contribution in [1.29, 1.82) is 0 Å². The highest BCUT2D eigenvalue weighted by Crippen LogP contribution is 2.34. The van der Waals surface area contributed by atoms with Crippen LogP contribution in [0.4, 0.5) is 5.82 Å². The lowest BCUT2D eigenvalue weighted by Crippen LogP contribution is -2.14. The Bertz CT molecular complexity index is 1190. The van der Waals surface area contributed by atoms with Crippen molar-refractivity contribution < 1.29 is 0 Å². The smallest absolute Gasteiger partial charge is 0.127 e. The molecule has 1 N–H and O–H groups in total. The zero-order valence-corrected chi connectivity index (χ0v) is 19.5. The minimum atomic E-state index is 0.158. The summed E-state index contributed by atoms with van der Waals surface area (Å²) in [7, 11) is 6.24. The summed E-state index contributed by atoms with van der Waals surface area (Å²) in [5.74, 6) is 1.88. The lowest BCUT2D eigenvalue weighted by Gasteiger charge is -2.16. The van der Waals surface area contributed by atoms with E-state index in [1.54, 1.807) is 0 Å². The number of nitrogens with one attached hydrogen (secondary N) is 1. The van der Waals surface area contributed by atoms with Gasteiger partial charge in [0.15, 0.2) is 0 Å². The van der Waals surface area contributed by atoms with Gasteiger partial charge in [-0.15, -0.1) is 0 Å². The molecular weight excluding hydrogens is 394 g/mol. The maximum atomic E-state index is 5.06. The molecule has 2 heterocycles. The summed E-state index contributed by atoms with van der Waals surface area (Å²) in [6.45, 7) is 5.05. The van der Waals surface area contributed by atoms with E-state index in [0.29, 0.717) is 0 Å². The molecule has 0 aliphatic carbocycles. The number of nitrogens with zero attached hydrogens (tertiary/aromatic N) is 4. The molecule has 32 heavy (non-hydrogen) atoms.